The maximum absolute atomic E-state index is 12.5. The van der Waals surface area contributed by atoms with Gasteiger partial charge < -0.3 is 10.5 Å². The number of hydrogen-bond donors (Lipinski definition) is 1. The zero-order valence-corrected chi connectivity index (χ0v) is 9.72. The lowest BCUT2D eigenvalue weighted by Gasteiger charge is -2.07. The number of ether oxygens (including phenoxy) is 1. The van der Waals surface area contributed by atoms with Crippen LogP contribution in [-0.2, 0) is 10.9 Å². The molecule has 0 aliphatic carbocycles. The van der Waals surface area contributed by atoms with Gasteiger partial charge in [0.25, 0.3) is 0 Å². The second-order valence-electron chi connectivity index (χ2n) is 2.47. The minimum atomic E-state index is -4.64. The highest BCUT2D eigenvalue weighted by molar-refractivity contribution is 9.10. The van der Waals surface area contributed by atoms with Crippen LogP contribution < -0.4 is 5.73 Å². The number of thiophene rings is 1. The first-order valence-electron chi connectivity index (χ1n) is 3.52. The first-order chi connectivity index (χ1) is 6.79. The van der Waals surface area contributed by atoms with Crippen LogP contribution in [0.5, 0.6) is 0 Å². The maximum Gasteiger partial charge on any atom is 0.419 e. The first-order valence-corrected chi connectivity index (χ1v) is 5.13. The van der Waals surface area contributed by atoms with Gasteiger partial charge in [0.05, 0.1) is 17.1 Å². The van der Waals surface area contributed by atoms with Crippen LogP contribution in [-0.4, -0.2) is 13.1 Å². The summed E-state index contributed by atoms with van der Waals surface area (Å²) < 4.78 is 41.5. The van der Waals surface area contributed by atoms with Gasteiger partial charge in [0.1, 0.15) is 9.88 Å². The number of methoxy groups -OCH3 is 1. The van der Waals surface area contributed by atoms with E-state index in [0.717, 1.165) is 7.11 Å². The van der Waals surface area contributed by atoms with Crippen LogP contribution in [0.25, 0.3) is 0 Å². The van der Waals surface area contributed by atoms with Gasteiger partial charge in [-0.1, -0.05) is 0 Å². The van der Waals surface area contributed by atoms with E-state index in [1.165, 1.54) is 0 Å². The lowest BCUT2D eigenvalue weighted by Crippen LogP contribution is -2.11. The van der Waals surface area contributed by atoms with Gasteiger partial charge in [-0.2, -0.15) is 13.2 Å². The molecule has 1 rings (SSSR count). The molecule has 8 heteroatoms. The third-order valence-electron chi connectivity index (χ3n) is 1.53. The average molecular weight is 304 g/mol. The Morgan fingerprint density at radius 1 is 1.53 bits per heavy atom. The number of hydrogen-bond acceptors (Lipinski definition) is 4. The molecule has 0 saturated carbocycles. The highest BCUT2D eigenvalue weighted by Crippen LogP contribution is 2.45. The van der Waals surface area contributed by atoms with Crippen molar-refractivity contribution in [1.82, 2.24) is 0 Å². The fraction of sp³-hybridized carbons (Fsp3) is 0.286. The molecule has 0 amide bonds. The second-order valence-corrected chi connectivity index (χ2v) is 4.32. The van der Waals surface area contributed by atoms with Crippen LogP contribution in [0.15, 0.2) is 4.47 Å². The van der Waals surface area contributed by atoms with Crippen molar-refractivity contribution in [3.63, 3.8) is 0 Å². The van der Waals surface area contributed by atoms with E-state index in [4.69, 9.17) is 5.73 Å². The zero-order valence-electron chi connectivity index (χ0n) is 7.31. The lowest BCUT2D eigenvalue weighted by molar-refractivity contribution is -0.138. The number of alkyl halides is 3. The van der Waals surface area contributed by atoms with E-state index in [-0.39, 0.29) is 9.47 Å². The van der Waals surface area contributed by atoms with E-state index in [9.17, 15) is 18.0 Å². The van der Waals surface area contributed by atoms with E-state index >= 15 is 0 Å². The highest BCUT2D eigenvalue weighted by atomic mass is 79.9. The first kappa shape index (κ1) is 12.3. The smallest absolute Gasteiger partial charge is 0.419 e. The highest BCUT2D eigenvalue weighted by Gasteiger charge is 2.40. The monoisotopic (exact) mass is 303 g/mol. The van der Waals surface area contributed by atoms with Gasteiger partial charge in [-0.05, 0) is 15.9 Å². The Balaban J connectivity index is 3.41. The van der Waals surface area contributed by atoms with E-state index < -0.39 is 22.6 Å². The van der Waals surface area contributed by atoms with Crippen molar-refractivity contribution in [2.24, 2.45) is 0 Å². The minimum Gasteiger partial charge on any atom is -0.465 e. The van der Waals surface area contributed by atoms with Crippen molar-refractivity contribution in [2.75, 3.05) is 12.8 Å². The largest absolute Gasteiger partial charge is 0.465 e. The van der Waals surface area contributed by atoms with Crippen LogP contribution in [0.4, 0.5) is 18.2 Å². The molecule has 0 radical (unpaired) electrons. The van der Waals surface area contributed by atoms with Gasteiger partial charge in [-0.15, -0.1) is 11.3 Å². The van der Waals surface area contributed by atoms with E-state index in [1.54, 1.807) is 0 Å². The molecular weight excluding hydrogens is 299 g/mol. The SMILES string of the molecule is COC(=O)c1sc(N)c(Br)c1C(F)(F)F. The normalized spacial score (nSPS) is 11.5. The average Bonchev–Trinajstić information content (AvgIpc) is 2.41. The summed E-state index contributed by atoms with van der Waals surface area (Å²) in [5.41, 5.74) is 4.21. The molecule has 1 heterocycles. The third kappa shape index (κ3) is 2.25. The molecule has 1 aromatic heterocycles. The Kier molecular flexibility index (Phi) is 3.29. The molecule has 0 unspecified atom stereocenters. The molecule has 0 bridgehead atoms. The van der Waals surface area contributed by atoms with Crippen molar-refractivity contribution in [3.05, 3.63) is 14.9 Å². The Morgan fingerprint density at radius 2 is 2.07 bits per heavy atom. The molecule has 0 fully saturated rings. The van der Waals surface area contributed by atoms with Gasteiger partial charge in [0.15, 0.2) is 0 Å². The number of nitrogens with two attached hydrogens (primary N) is 1. The lowest BCUT2D eigenvalue weighted by atomic mass is 10.2. The molecule has 2 N–H and O–H groups in total. The summed E-state index contributed by atoms with van der Waals surface area (Å²) in [5, 5.41) is -0.109. The third-order valence-corrected chi connectivity index (χ3v) is 3.61. The molecule has 0 aliphatic heterocycles. The summed E-state index contributed by atoms with van der Waals surface area (Å²) in [6.45, 7) is 0. The molecule has 0 atom stereocenters. The number of rotatable bonds is 1. The minimum absolute atomic E-state index is 0.109. The number of carbonyl (C=O) groups excluding carboxylic acids is 1. The summed E-state index contributed by atoms with van der Waals surface area (Å²) in [5.74, 6) is -1.05. The molecular formula is C7H5BrF3NO2S. The van der Waals surface area contributed by atoms with Crippen molar-refractivity contribution < 1.29 is 22.7 Å². The Hall–Kier alpha value is -0.760. The number of carbonyl (C=O) groups is 1. The maximum atomic E-state index is 12.5. The van der Waals surface area contributed by atoms with Crippen molar-refractivity contribution in [2.45, 2.75) is 6.18 Å². The number of anilines is 1. The Bertz CT molecular complexity index is 402. The van der Waals surface area contributed by atoms with Crippen LogP contribution in [0.1, 0.15) is 15.2 Å². The topological polar surface area (TPSA) is 52.3 Å². The Labute approximate surface area is 95.1 Å². The molecule has 3 nitrogen and oxygen atoms in total. The van der Waals surface area contributed by atoms with Crippen LogP contribution in [0.3, 0.4) is 0 Å². The summed E-state index contributed by atoms with van der Waals surface area (Å²) in [6.07, 6.45) is -4.64. The van der Waals surface area contributed by atoms with Gasteiger partial charge in [-0.3, -0.25) is 0 Å². The van der Waals surface area contributed by atoms with E-state index in [1.807, 2.05) is 0 Å². The summed E-state index contributed by atoms with van der Waals surface area (Å²) >= 11 is 3.23. The van der Waals surface area contributed by atoms with E-state index in [0.29, 0.717) is 11.3 Å². The molecule has 15 heavy (non-hydrogen) atoms. The van der Waals surface area contributed by atoms with Crippen LogP contribution in [0.2, 0.25) is 0 Å². The number of esters is 1. The second kappa shape index (κ2) is 4.01. The molecule has 84 valence electrons. The van der Waals surface area contributed by atoms with Crippen LogP contribution >= 0.6 is 27.3 Å². The van der Waals surface area contributed by atoms with E-state index in [2.05, 4.69) is 20.7 Å². The predicted octanol–water partition coefficient (Wildman–Crippen LogP) is 2.90. The fourth-order valence-electron chi connectivity index (χ4n) is 0.918. The fourth-order valence-corrected chi connectivity index (χ4v) is 2.61. The number of halogens is 4. The molecule has 0 saturated heterocycles. The summed E-state index contributed by atoms with van der Waals surface area (Å²) in [6, 6.07) is 0. The molecule has 0 spiro atoms. The molecule has 0 aromatic carbocycles. The summed E-state index contributed by atoms with van der Waals surface area (Å²) in [7, 11) is 1.01. The quantitative estimate of drug-likeness (QED) is 0.812. The standard InChI is InChI=1S/C7H5BrF3NO2S/c1-14-6(13)4-2(7(9,10)11)3(8)5(12)15-4/h12H2,1H3. The number of nitrogen functional groups attached to an aromatic ring is 1. The molecule has 0 aliphatic rings. The predicted molar refractivity (Wildman–Crippen MR) is 52.8 cm³/mol. The van der Waals surface area contributed by atoms with Gasteiger partial charge in [0, 0.05) is 0 Å². The van der Waals surface area contributed by atoms with Gasteiger partial charge in [-0.25, -0.2) is 4.79 Å². The van der Waals surface area contributed by atoms with Crippen molar-refractivity contribution in [3.8, 4) is 0 Å². The van der Waals surface area contributed by atoms with Crippen molar-refractivity contribution in [1.29, 1.82) is 0 Å². The summed E-state index contributed by atoms with van der Waals surface area (Å²) in [4.78, 5) is 10.5. The van der Waals surface area contributed by atoms with Gasteiger partial charge in [0.2, 0.25) is 0 Å². The molecule has 1 aromatic rings. The zero-order chi connectivity index (χ0) is 11.8. The van der Waals surface area contributed by atoms with Gasteiger partial charge >= 0.3 is 12.1 Å². The van der Waals surface area contributed by atoms with Crippen molar-refractivity contribution >= 4 is 38.2 Å². The van der Waals surface area contributed by atoms with Crippen LogP contribution in [0, 0.1) is 0 Å². The Morgan fingerprint density at radius 3 is 2.47 bits per heavy atom.